The summed E-state index contributed by atoms with van der Waals surface area (Å²) in [6.07, 6.45) is 3.92. The van der Waals surface area contributed by atoms with Gasteiger partial charge in [0.25, 0.3) is 0 Å². The first kappa shape index (κ1) is 4.53. The summed E-state index contributed by atoms with van der Waals surface area (Å²) in [5.41, 5.74) is 0. The fourth-order valence-electron chi connectivity index (χ4n) is 0.245. The Hall–Kier alpha value is -0.630. The van der Waals surface area contributed by atoms with Crippen LogP contribution in [0.1, 0.15) is 0 Å². The van der Waals surface area contributed by atoms with Gasteiger partial charge in [0.1, 0.15) is 6.20 Å². The average molecular weight is 114 g/mol. The van der Waals surface area contributed by atoms with E-state index in [1.807, 2.05) is 0 Å². The molecule has 7 heavy (non-hydrogen) atoms. The maximum Gasteiger partial charge on any atom is 0.115 e. The van der Waals surface area contributed by atoms with E-state index in [1.54, 1.807) is 6.07 Å². The molecular weight excluding hydrogens is 112 g/mol. The summed E-state index contributed by atoms with van der Waals surface area (Å²) < 4.78 is 0. The van der Waals surface area contributed by atoms with Gasteiger partial charge in [-0.3, -0.25) is 0 Å². The van der Waals surface area contributed by atoms with E-state index in [0.29, 0.717) is 5.02 Å². The highest BCUT2D eigenvalue weighted by Gasteiger charge is 1.78. The summed E-state index contributed by atoms with van der Waals surface area (Å²) in [6.45, 7) is 0. The van der Waals surface area contributed by atoms with Crippen LogP contribution in [0.4, 0.5) is 0 Å². The predicted octanol–water partition coefficient (Wildman–Crippen LogP) is 0.930. The maximum absolute atomic E-state index is 5.41. The Morgan fingerprint density at radius 2 is 2.57 bits per heavy atom. The van der Waals surface area contributed by atoms with Gasteiger partial charge in [0.15, 0.2) is 0 Å². The van der Waals surface area contributed by atoms with Crippen molar-refractivity contribution in [2.24, 2.45) is 0 Å². The van der Waals surface area contributed by atoms with Crippen molar-refractivity contribution >= 4 is 11.6 Å². The predicted molar refractivity (Wildman–Crippen MR) is 25.9 cm³/mol. The van der Waals surface area contributed by atoms with Crippen molar-refractivity contribution < 1.29 is 0 Å². The highest BCUT2D eigenvalue weighted by molar-refractivity contribution is 6.30. The van der Waals surface area contributed by atoms with E-state index in [0.717, 1.165) is 0 Å². The van der Waals surface area contributed by atoms with Gasteiger partial charge >= 0.3 is 0 Å². The van der Waals surface area contributed by atoms with Crippen molar-refractivity contribution in [1.29, 1.82) is 0 Å². The topological polar surface area (TPSA) is 25.8 Å². The molecule has 1 aromatic rings. The Balaban J connectivity index is 3.02. The summed E-state index contributed by atoms with van der Waals surface area (Å²) in [5.74, 6) is 0. The van der Waals surface area contributed by atoms with E-state index in [-0.39, 0.29) is 0 Å². The molecule has 35 valence electrons. The van der Waals surface area contributed by atoms with Crippen molar-refractivity contribution in [2.45, 2.75) is 0 Å². The fraction of sp³-hybridized carbons (Fsp3) is 0. The maximum atomic E-state index is 5.41. The molecule has 0 aliphatic rings. The van der Waals surface area contributed by atoms with E-state index in [4.69, 9.17) is 11.6 Å². The fourth-order valence-corrected chi connectivity index (χ4v) is 0.338. The first-order chi connectivity index (χ1) is 3.39. The largest absolute Gasteiger partial charge is 0.157 e. The summed E-state index contributed by atoms with van der Waals surface area (Å²) >= 11 is 5.41. The Bertz CT molecular complexity index is 140. The van der Waals surface area contributed by atoms with Crippen LogP contribution in [-0.4, -0.2) is 10.2 Å². The van der Waals surface area contributed by atoms with Crippen molar-refractivity contribution in [3.63, 3.8) is 0 Å². The van der Waals surface area contributed by atoms with Gasteiger partial charge in [0.2, 0.25) is 0 Å². The minimum absolute atomic E-state index is 0.565. The van der Waals surface area contributed by atoms with Crippen molar-refractivity contribution in [2.75, 3.05) is 0 Å². The van der Waals surface area contributed by atoms with Gasteiger partial charge in [0.05, 0.1) is 11.2 Å². The second kappa shape index (κ2) is 1.89. The summed E-state index contributed by atoms with van der Waals surface area (Å²) in [6, 6.07) is 1.55. The lowest BCUT2D eigenvalue weighted by atomic mass is 10.6. The third kappa shape index (κ3) is 1.12. The Morgan fingerprint density at radius 1 is 1.71 bits per heavy atom. The van der Waals surface area contributed by atoms with Crippen LogP contribution in [0.15, 0.2) is 12.3 Å². The van der Waals surface area contributed by atoms with Crippen LogP contribution in [0, 0.1) is 6.20 Å². The number of hydrogen-bond donors (Lipinski definition) is 0. The third-order valence-electron chi connectivity index (χ3n) is 0.499. The molecule has 0 amide bonds. The Labute approximate surface area is 46.1 Å². The lowest BCUT2D eigenvalue weighted by molar-refractivity contribution is 1.02. The first-order valence-corrected chi connectivity index (χ1v) is 2.11. The highest BCUT2D eigenvalue weighted by atomic mass is 35.5. The molecule has 3 heteroatoms. The highest BCUT2D eigenvalue weighted by Crippen LogP contribution is 1.99. The standard InChI is InChI=1S/C4H2ClN2/c5-4-1-2-6-7-3-4/h1,3H. The van der Waals surface area contributed by atoms with Crippen LogP contribution in [0.5, 0.6) is 0 Å². The zero-order valence-electron chi connectivity index (χ0n) is 3.43. The molecule has 1 radical (unpaired) electrons. The molecule has 0 bridgehead atoms. The van der Waals surface area contributed by atoms with Crippen molar-refractivity contribution in [3.8, 4) is 0 Å². The zero-order valence-corrected chi connectivity index (χ0v) is 4.18. The monoisotopic (exact) mass is 113 g/mol. The minimum Gasteiger partial charge on any atom is -0.157 e. The SMILES string of the molecule is Clc1c[c]nnc1. The molecular formula is C4H2ClN2. The second-order valence-corrected chi connectivity index (χ2v) is 1.44. The average Bonchev–Trinajstić information content (AvgIpc) is 1.69. The van der Waals surface area contributed by atoms with Gasteiger partial charge in [-0.1, -0.05) is 11.6 Å². The minimum atomic E-state index is 0.565. The van der Waals surface area contributed by atoms with Gasteiger partial charge < -0.3 is 0 Å². The van der Waals surface area contributed by atoms with Gasteiger partial charge in [0, 0.05) is 0 Å². The number of hydrogen-bond acceptors (Lipinski definition) is 2. The normalized spacial score (nSPS) is 8.71. The van der Waals surface area contributed by atoms with Gasteiger partial charge in [-0.25, -0.2) is 0 Å². The van der Waals surface area contributed by atoms with Crippen LogP contribution in [0.25, 0.3) is 0 Å². The first-order valence-electron chi connectivity index (χ1n) is 1.74. The third-order valence-corrected chi connectivity index (χ3v) is 0.706. The summed E-state index contributed by atoms with van der Waals surface area (Å²) in [4.78, 5) is 0. The lowest BCUT2D eigenvalue weighted by Gasteiger charge is -1.77. The number of rotatable bonds is 0. The molecule has 0 aliphatic carbocycles. The van der Waals surface area contributed by atoms with E-state index >= 15 is 0 Å². The number of aromatic nitrogens is 2. The molecule has 0 spiro atoms. The van der Waals surface area contributed by atoms with Crippen LogP contribution >= 0.6 is 11.6 Å². The molecule has 1 heterocycles. The van der Waals surface area contributed by atoms with Crippen molar-refractivity contribution in [1.82, 2.24) is 10.2 Å². The molecule has 0 atom stereocenters. The van der Waals surface area contributed by atoms with E-state index in [1.165, 1.54) is 6.20 Å². The molecule has 0 saturated carbocycles. The van der Waals surface area contributed by atoms with E-state index in [2.05, 4.69) is 16.4 Å². The molecule has 2 nitrogen and oxygen atoms in total. The van der Waals surface area contributed by atoms with Gasteiger partial charge in [-0.05, 0) is 6.07 Å². The molecule has 0 saturated heterocycles. The van der Waals surface area contributed by atoms with Crippen LogP contribution in [0.2, 0.25) is 5.02 Å². The number of halogens is 1. The number of nitrogens with zero attached hydrogens (tertiary/aromatic N) is 2. The smallest absolute Gasteiger partial charge is 0.115 e. The van der Waals surface area contributed by atoms with E-state index < -0.39 is 0 Å². The molecule has 1 aromatic heterocycles. The molecule has 0 fully saturated rings. The molecule has 0 unspecified atom stereocenters. The Morgan fingerprint density at radius 3 is 2.86 bits per heavy atom. The summed E-state index contributed by atoms with van der Waals surface area (Å²) in [7, 11) is 0. The molecule has 0 N–H and O–H groups in total. The van der Waals surface area contributed by atoms with Gasteiger partial charge in [-0.15, -0.1) is 5.10 Å². The van der Waals surface area contributed by atoms with Gasteiger partial charge in [-0.2, -0.15) is 5.10 Å². The second-order valence-electron chi connectivity index (χ2n) is 1.00. The van der Waals surface area contributed by atoms with Crippen LogP contribution < -0.4 is 0 Å². The molecule has 1 rings (SSSR count). The molecule has 0 aromatic carbocycles. The Kier molecular flexibility index (Phi) is 1.22. The van der Waals surface area contributed by atoms with Crippen LogP contribution in [-0.2, 0) is 0 Å². The van der Waals surface area contributed by atoms with Crippen LogP contribution in [0.3, 0.4) is 0 Å². The zero-order chi connectivity index (χ0) is 5.11. The van der Waals surface area contributed by atoms with E-state index in [9.17, 15) is 0 Å². The lowest BCUT2D eigenvalue weighted by Crippen LogP contribution is -1.74. The van der Waals surface area contributed by atoms with Crippen molar-refractivity contribution in [3.05, 3.63) is 23.5 Å². The summed E-state index contributed by atoms with van der Waals surface area (Å²) in [5, 5.41) is 7.40. The quantitative estimate of drug-likeness (QED) is 0.500. The molecule has 0 aliphatic heterocycles.